The van der Waals surface area contributed by atoms with Gasteiger partial charge in [-0.25, -0.2) is 5.43 Å². The molecule has 0 saturated heterocycles. The van der Waals surface area contributed by atoms with Crippen LogP contribution in [0.1, 0.15) is 21.5 Å². The van der Waals surface area contributed by atoms with Crippen LogP contribution in [0.15, 0.2) is 65.8 Å². The second-order valence-corrected chi connectivity index (χ2v) is 6.97. The molecule has 0 bridgehead atoms. The van der Waals surface area contributed by atoms with Gasteiger partial charge in [0.25, 0.3) is 5.91 Å². The molecule has 0 atom stereocenters. The highest BCUT2D eigenvalue weighted by atomic mass is 35.5. The van der Waals surface area contributed by atoms with Crippen LogP contribution >= 0.6 is 11.6 Å². The number of nitrogens with one attached hydrogen (secondary N) is 1. The van der Waals surface area contributed by atoms with Crippen molar-refractivity contribution in [3.63, 3.8) is 0 Å². The van der Waals surface area contributed by atoms with Gasteiger partial charge in [0.15, 0.2) is 11.5 Å². The van der Waals surface area contributed by atoms with Crippen LogP contribution in [-0.4, -0.2) is 33.5 Å². The molecule has 1 amide bonds. The Hall–Kier alpha value is -3.71. The minimum atomic E-state index is -0.410. The average molecular weight is 455 g/mol. The minimum Gasteiger partial charge on any atom is -0.493 e. The van der Waals surface area contributed by atoms with Gasteiger partial charge in [-0.15, -0.1) is 0 Å². The summed E-state index contributed by atoms with van der Waals surface area (Å²) in [5.41, 5.74) is 4.42. The minimum absolute atomic E-state index is 0.299. The lowest BCUT2D eigenvalue weighted by Gasteiger charge is -2.13. The van der Waals surface area contributed by atoms with Crippen LogP contribution in [0.25, 0.3) is 0 Å². The maximum atomic E-state index is 12.7. The summed E-state index contributed by atoms with van der Waals surface area (Å²) in [6, 6.07) is 17.7. The van der Waals surface area contributed by atoms with Gasteiger partial charge < -0.3 is 18.9 Å². The molecule has 0 spiro atoms. The lowest BCUT2D eigenvalue weighted by molar-refractivity contribution is 0.0950. The van der Waals surface area contributed by atoms with Gasteiger partial charge in [0.1, 0.15) is 12.4 Å². The van der Waals surface area contributed by atoms with E-state index in [1.807, 2.05) is 12.1 Å². The molecule has 3 aromatic rings. The molecule has 0 saturated carbocycles. The number of rotatable bonds is 9. The van der Waals surface area contributed by atoms with E-state index >= 15 is 0 Å². The topological polar surface area (TPSA) is 78.4 Å². The Morgan fingerprint density at radius 3 is 2.31 bits per heavy atom. The first-order valence-corrected chi connectivity index (χ1v) is 10.0. The predicted octanol–water partition coefficient (Wildman–Crippen LogP) is 4.71. The Kier molecular flexibility index (Phi) is 7.94. The summed E-state index contributed by atoms with van der Waals surface area (Å²) in [4.78, 5) is 12.7. The molecule has 0 aliphatic heterocycles. The van der Waals surface area contributed by atoms with E-state index in [1.165, 1.54) is 27.5 Å². The third kappa shape index (κ3) is 5.50. The van der Waals surface area contributed by atoms with Gasteiger partial charge in [0.2, 0.25) is 5.75 Å². The molecule has 166 valence electrons. The van der Waals surface area contributed by atoms with Crippen molar-refractivity contribution >= 4 is 23.7 Å². The Balaban J connectivity index is 1.72. The summed E-state index contributed by atoms with van der Waals surface area (Å²) >= 11 is 5.91. The first-order valence-electron chi connectivity index (χ1n) is 9.66. The molecule has 0 aromatic heterocycles. The van der Waals surface area contributed by atoms with Crippen molar-refractivity contribution in [1.29, 1.82) is 0 Å². The van der Waals surface area contributed by atoms with E-state index in [1.54, 1.807) is 48.5 Å². The molecule has 0 radical (unpaired) electrons. The van der Waals surface area contributed by atoms with Gasteiger partial charge in [-0.1, -0.05) is 35.9 Å². The van der Waals surface area contributed by atoms with Gasteiger partial charge in [0, 0.05) is 10.6 Å². The van der Waals surface area contributed by atoms with Crippen molar-refractivity contribution in [3.05, 3.63) is 82.4 Å². The Morgan fingerprint density at radius 2 is 1.62 bits per heavy atom. The van der Waals surface area contributed by atoms with Crippen molar-refractivity contribution < 1.29 is 23.7 Å². The third-order valence-electron chi connectivity index (χ3n) is 4.54. The van der Waals surface area contributed by atoms with Crippen molar-refractivity contribution in [2.24, 2.45) is 5.10 Å². The zero-order chi connectivity index (χ0) is 22.9. The van der Waals surface area contributed by atoms with Gasteiger partial charge in [0.05, 0.1) is 33.1 Å². The van der Waals surface area contributed by atoms with E-state index in [0.29, 0.717) is 45.8 Å². The van der Waals surface area contributed by atoms with Crippen LogP contribution in [0.3, 0.4) is 0 Å². The number of methoxy groups -OCH3 is 3. The molecule has 3 rings (SSSR count). The largest absolute Gasteiger partial charge is 0.493 e. The molecule has 0 heterocycles. The van der Waals surface area contributed by atoms with E-state index in [2.05, 4.69) is 10.5 Å². The summed E-state index contributed by atoms with van der Waals surface area (Å²) in [6.45, 7) is 0.299. The van der Waals surface area contributed by atoms with Crippen LogP contribution in [0.2, 0.25) is 5.02 Å². The van der Waals surface area contributed by atoms with Crippen LogP contribution in [0, 0.1) is 0 Å². The zero-order valence-electron chi connectivity index (χ0n) is 17.9. The molecule has 0 aliphatic rings. The number of ether oxygens (including phenoxy) is 4. The van der Waals surface area contributed by atoms with Gasteiger partial charge in [-0.3, -0.25) is 4.79 Å². The molecule has 0 aliphatic carbocycles. The normalized spacial score (nSPS) is 10.6. The predicted molar refractivity (Wildman–Crippen MR) is 123 cm³/mol. The molecule has 3 aromatic carbocycles. The number of hydrogen-bond acceptors (Lipinski definition) is 6. The van der Waals surface area contributed by atoms with Crippen LogP contribution in [-0.2, 0) is 6.61 Å². The molecule has 0 unspecified atom stereocenters. The fourth-order valence-corrected chi connectivity index (χ4v) is 3.09. The zero-order valence-corrected chi connectivity index (χ0v) is 18.7. The SMILES string of the molecule is COc1ccc(/C=N/NC(=O)c2ccccc2OCc2ccc(Cl)cc2)c(OC)c1OC. The van der Waals surface area contributed by atoms with Crippen molar-refractivity contribution in [3.8, 4) is 23.0 Å². The quantitative estimate of drug-likeness (QED) is 0.374. The Morgan fingerprint density at radius 1 is 0.906 bits per heavy atom. The summed E-state index contributed by atoms with van der Waals surface area (Å²) in [7, 11) is 4.57. The van der Waals surface area contributed by atoms with E-state index in [4.69, 9.17) is 30.5 Å². The van der Waals surface area contributed by atoms with Crippen molar-refractivity contribution in [2.75, 3.05) is 21.3 Å². The molecule has 0 fully saturated rings. The molecule has 32 heavy (non-hydrogen) atoms. The molecule has 8 heteroatoms. The van der Waals surface area contributed by atoms with E-state index < -0.39 is 5.91 Å². The third-order valence-corrected chi connectivity index (χ3v) is 4.80. The highest BCUT2D eigenvalue weighted by molar-refractivity contribution is 6.30. The molecular formula is C24H23ClN2O5. The Bertz CT molecular complexity index is 1100. The van der Waals surface area contributed by atoms with Crippen LogP contribution < -0.4 is 24.4 Å². The molecular weight excluding hydrogens is 432 g/mol. The number of hydrazone groups is 1. The van der Waals surface area contributed by atoms with Gasteiger partial charge in [-0.2, -0.15) is 5.10 Å². The second-order valence-electron chi connectivity index (χ2n) is 6.53. The lowest BCUT2D eigenvalue weighted by atomic mass is 10.2. The average Bonchev–Trinajstić information content (AvgIpc) is 2.83. The number of carbonyl (C=O) groups is 1. The number of amides is 1. The lowest BCUT2D eigenvalue weighted by Crippen LogP contribution is -2.18. The summed E-state index contributed by atoms with van der Waals surface area (Å²) in [5.74, 6) is 1.44. The number of carbonyl (C=O) groups excluding carboxylic acids is 1. The summed E-state index contributed by atoms with van der Waals surface area (Å²) in [6.07, 6.45) is 1.47. The number of halogens is 1. The fraction of sp³-hybridized carbons (Fsp3) is 0.167. The van der Waals surface area contributed by atoms with Gasteiger partial charge >= 0.3 is 0 Å². The fourth-order valence-electron chi connectivity index (χ4n) is 2.97. The van der Waals surface area contributed by atoms with Crippen molar-refractivity contribution in [1.82, 2.24) is 5.43 Å². The highest BCUT2D eigenvalue weighted by Crippen LogP contribution is 2.39. The maximum Gasteiger partial charge on any atom is 0.275 e. The first kappa shape index (κ1) is 23.0. The summed E-state index contributed by atoms with van der Waals surface area (Å²) in [5, 5.41) is 4.71. The number of benzene rings is 3. The monoisotopic (exact) mass is 454 g/mol. The number of nitrogens with zero attached hydrogens (tertiary/aromatic N) is 1. The molecule has 1 N–H and O–H groups in total. The van der Waals surface area contributed by atoms with E-state index in [0.717, 1.165) is 5.56 Å². The standard InChI is InChI=1S/C24H23ClN2O5/c1-29-21-13-10-17(22(30-2)23(21)31-3)14-26-27-24(28)19-6-4-5-7-20(19)32-15-16-8-11-18(25)12-9-16/h4-14H,15H2,1-3H3,(H,27,28)/b26-14+. The number of hydrogen-bond donors (Lipinski definition) is 1. The van der Waals surface area contributed by atoms with Gasteiger partial charge in [-0.05, 0) is 42.0 Å². The molecule has 7 nitrogen and oxygen atoms in total. The smallest absolute Gasteiger partial charge is 0.275 e. The first-order chi connectivity index (χ1) is 15.6. The second kappa shape index (κ2) is 11.1. The number of para-hydroxylation sites is 1. The van der Waals surface area contributed by atoms with Crippen LogP contribution in [0.4, 0.5) is 0 Å². The highest BCUT2D eigenvalue weighted by Gasteiger charge is 2.15. The van der Waals surface area contributed by atoms with E-state index in [9.17, 15) is 4.79 Å². The van der Waals surface area contributed by atoms with E-state index in [-0.39, 0.29) is 0 Å². The maximum absolute atomic E-state index is 12.7. The van der Waals surface area contributed by atoms with Crippen molar-refractivity contribution in [2.45, 2.75) is 6.61 Å². The summed E-state index contributed by atoms with van der Waals surface area (Å²) < 4.78 is 21.9. The van der Waals surface area contributed by atoms with Crippen LogP contribution in [0.5, 0.6) is 23.0 Å². The Labute approximate surface area is 191 Å².